The summed E-state index contributed by atoms with van der Waals surface area (Å²) < 4.78 is 6.20. The van der Waals surface area contributed by atoms with Crippen molar-refractivity contribution < 1.29 is 4.74 Å². The normalized spacial score (nSPS) is 12.3. The second-order valence-electron chi connectivity index (χ2n) is 4.21. The van der Waals surface area contributed by atoms with Crippen LogP contribution in [-0.2, 0) is 0 Å². The maximum absolute atomic E-state index is 6.56. The van der Waals surface area contributed by atoms with Crippen LogP contribution in [0.2, 0.25) is 5.02 Å². The first-order valence-corrected chi connectivity index (χ1v) is 7.38. The molecule has 0 saturated carbocycles. The van der Waals surface area contributed by atoms with Crippen molar-refractivity contribution in [3.8, 4) is 5.75 Å². The minimum Gasteiger partial charge on any atom is -0.495 e. The van der Waals surface area contributed by atoms with Gasteiger partial charge in [-0.15, -0.1) is 11.6 Å². The predicted octanol–water partition coefficient (Wildman–Crippen LogP) is 5.75. The lowest BCUT2D eigenvalue weighted by Gasteiger charge is -2.15. The molecule has 100 valence electrons. The Morgan fingerprint density at radius 2 is 1.95 bits per heavy atom. The molecular formula is C15H13BrCl2O. The number of benzene rings is 2. The maximum atomic E-state index is 6.56. The van der Waals surface area contributed by atoms with Gasteiger partial charge in [0.05, 0.1) is 17.5 Å². The van der Waals surface area contributed by atoms with Crippen LogP contribution in [0.15, 0.2) is 40.9 Å². The van der Waals surface area contributed by atoms with Gasteiger partial charge in [0.2, 0.25) is 0 Å². The van der Waals surface area contributed by atoms with Crippen molar-refractivity contribution in [2.75, 3.05) is 7.11 Å². The van der Waals surface area contributed by atoms with Gasteiger partial charge >= 0.3 is 0 Å². The van der Waals surface area contributed by atoms with E-state index >= 15 is 0 Å². The average Bonchev–Trinajstić information content (AvgIpc) is 2.41. The number of methoxy groups -OCH3 is 1. The van der Waals surface area contributed by atoms with Gasteiger partial charge in [-0.1, -0.05) is 45.7 Å². The maximum Gasteiger partial charge on any atom is 0.137 e. The van der Waals surface area contributed by atoms with Crippen molar-refractivity contribution in [1.82, 2.24) is 0 Å². The van der Waals surface area contributed by atoms with E-state index in [2.05, 4.69) is 15.9 Å². The standard InChI is InChI=1S/C15H13BrCl2O/c1-9-11(4-3-5-12(9)16)15(18)10-6-7-14(19-2)13(17)8-10/h3-8,15H,1-2H3. The minimum atomic E-state index is -0.235. The highest BCUT2D eigenvalue weighted by molar-refractivity contribution is 9.10. The highest BCUT2D eigenvalue weighted by atomic mass is 79.9. The summed E-state index contributed by atoms with van der Waals surface area (Å²) in [6, 6.07) is 11.6. The molecule has 0 spiro atoms. The summed E-state index contributed by atoms with van der Waals surface area (Å²) >= 11 is 16.2. The lowest BCUT2D eigenvalue weighted by atomic mass is 10.00. The molecule has 1 nitrogen and oxygen atoms in total. The molecule has 0 aliphatic rings. The number of alkyl halides is 1. The number of rotatable bonds is 3. The Kier molecular flexibility index (Phi) is 4.77. The number of ether oxygens (including phenoxy) is 1. The van der Waals surface area contributed by atoms with Crippen LogP contribution in [0.25, 0.3) is 0 Å². The summed E-state index contributed by atoms with van der Waals surface area (Å²) in [7, 11) is 1.59. The Bertz CT molecular complexity index is 599. The van der Waals surface area contributed by atoms with Crippen molar-refractivity contribution in [3.05, 3.63) is 62.6 Å². The second-order valence-corrected chi connectivity index (χ2v) is 5.91. The summed E-state index contributed by atoms with van der Waals surface area (Å²) in [6.45, 7) is 2.04. The quantitative estimate of drug-likeness (QED) is 0.634. The molecule has 2 rings (SSSR count). The largest absolute Gasteiger partial charge is 0.495 e. The molecule has 2 aromatic carbocycles. The minimum absolute atomic E-state index is 0.235. The smallest absolute Gasteiger partial charge is 0.137 e. The first kappa shape index (κ1) is 14.7. The lowest BCUT2D eigenvalue weighted by Crippen LogP contribution is -1.97. The third-order valence-electron chi connectivity index (χ3n) is 3.05. The number of halogens is 3. The molecule has 19 heavy (non-hydrogen) atoms. The van der Waals surface area contributed by atoms with Gasteiger partial charge in [-0.2, -0.15) is 0 Å². The Labute approximate surface area is 131 Å². The van der Waals surface area contributed by atoms with E-state index in [1.807, 2.05) is 43.3 Å². The van der Waals surface area contributed by atoms with E-state index in [1.54, 1.807) is 7.11 Å². The van der Waals surface area contributed by atoms with Crippen LogP contribution in [0.5, 0.6) is 5.75 Å². The van der Waals surface area contributed by atoms with Crippen LogP contribution in [0.1, 0.15) is 22.1 Å². The van der Waals surface area contributed by atoms with Crippen LogP contribution in [0.3, 0.4) is 0 Å². The summed E-state index contributed by atoms with van der Waals surface area (Å²) in [5.41, 5.74) is 3.15. The predicted molar refractivity (Wildman–Crippen MR) is 84.6 cm³/mol. The molecule has 1 unspecified atom stereocenters. The average molecular weight is 360 g/mol. The molecule has 2 aromatic rings. The van der Waals surface area contributed by atoms with Crippen LogP contribution < -0.4 is 4.74 Å². The van der Waals surface area contributed by atoms with Crippen LogP contribution in [0.4, 0.5) is 0 Å². The summed E-state index contributed by atoms with van der Waals surface area (Å²) in [6.07, 6.45) is 0. The third-order valence-corrected chi connectivity index (χ3v) is 4.69. The third kappa shape index (κ3) is 3.07. The number of hydrogen-bond donors (Lipinski definition) is 0. The molecule has 0 saturated heterocycles. The van der Waals surface area contributed by atoms with Gasteiger partial charge < -0.3 is 4.74 Å². The van der Waals surface area contributed by atoms with E-state index in [0.717, 1.165) is 21.2 Å². The summed E-state index contributed by atoms with van der Waals surface area (Å²) in [5, 5.41) is 0.333. The van der Waals surface area contributed by atoms with Crippen molar-refractivity contribution in [2.45, 2.75) is 12.3 Å². The molecule has 0 fully saturated rings. The SMILES string of the molecule is COc1ccc(C(Cl)c2cccc(Br)c2C)cc1Cl. The van der Waals surface area contributed by atoms with Gasteiger partial charge in [-0.3, -0.25) is 0 Å². The second kappa shape index (κ2) is 6.17. The molecule has 0 N–H and O–H groups in total. The van der Waals surface area contributed by atoms with Crippen molar-refractivity contribution in [1.29, 1.82) is 0 Å². The van der Waals surface area contributed by atoms with Crippen molar-refractivity contribution in [2.24, 2.45) is 0 Å². The van der Waals surface area contributed by atoms with E-state index < -0.39 is 0 Å². The highest BCUT2D eigenvalue weighted by Gasteiger charge is 2.15. The van der Waals surface area contributed by atoms with Crippen molar-refractivity contribution in [3.63, 3.8) is 0 Å². The fraction of sp³-hybridized carbons (Fsp3) is 0.200. The molecule has 0 heterocycles. The Morgan fingerprint density at radius 1 is 1.21 bits per heavy atom. The first-order chi connectivity index (χ1) is 9.04. The Morgan fingerprint density at radius 3 is 2.58 bits per heavy atom. The van der Waals surface area contributed by atoms with Gasteiger partial charge in [0, 0.05) is 4.47 Å². The Hall–Kier alpha value is -0.700. The van der Waals surface area contributed by atoms with Gasteiger partial charge in [0.1, 0.15) is 5.75 Å². The topological polar surface area (TPSA) is 9.23 Å². The summed E-state index contributed by atoms with van der Waals surface area (Å²) in [4.78, 5) is 0. The molecule has 0 aromatic heterocycles. The molecule has 4 heteroatoms. The van der Waals surface area contributed by atoms with Gasteiger partial charge in [-0.25, -0.2) is 0 Å². The van der Waals surface area contributed by atoms with E-state index in [0.29, 0.717) is 10.8 Å². The van der Waals surface area contributed by atoms with Crippen LogP contribution in [0, 0.1) is 6.92 Å². The molecule has 1 atom stereocenters. The fourth-order valence-electron chi connectivity index (χ4n) is 1.92. The number of hydrogen-bond acceptors (Lipinski definition) is 1. The fourth-order valence-corrected chi connectivity index (χ4v) is 2.94. The molecule has 0 amide bonds. The van der Waals surface area contributed by atoms with Gasteiger partial charge in [0.25, 0.3) is 0 Å². The molecule has 0 aliphatic heterocycles. The Balaban J connectivity index is 2.41. The van der Waals surface area contributed by atoms with E-state index in [9.17, 15) is 0 Å². The summed E-state index contributed by atoms with van der Waals surface area (Å²) in [5.74, 6) is 0.653. The van der Waals surface area contributed by atoms with E-state index in [1.165, 1.54) is 0 Å². The molecular weight excluding hydrogens is 347 g/mol. The first-order valence-electron chi connectivity index (χ1n) is 5.77. The van der Waals surface area contributed by atoms with Crippen LogP contribution in [-0.4, -0.2) is 7.11 Å². The monoisotopic (exact) mass is 358 g/mol. The zero-order valence-electron chi connectivity index (χ0n) is 10.6. The molecule has 0 aliphatic carbocycles. The zero-order chi connectivity index (χ0) is 14.0. The molecule has 0 radical (unpaired) electrons. The van der Waals surface area contributed by atoms with Crippen LogP contribution >= 0.6 is 39.1 Å². The van der Waals surface area contributed by atoms with Gasteiger partial charge in [-0.05, 0) is 41.8 Å². The van der Waals surface area contributed by atoms with E-state index in [4.69, 9.17) is 27.9 Å². The highest BCUT2D eigenvalue weighted by Crippen LogP contribution is 2.36. The molecule has 0 bridgehead atoms. The van der Waals surface area contributed by atoms with E-state index in [-0.39, 0.29) is 5.38 Å². The zero-order valence-corrected chi connectivity index (χ0v) is 13.7. The van der Waals surface area contributed by atoms with Gasteiger partial charge in [0.15, 0.2) is 0 Å². The lowest BCUT2D eigenvalue weighted by molar-refractivity contribution is 0.415. The van der Waals surface area contributed by atoms with Crippen molar-refractivity contribution >= 4 is 39.1 Å².